The molecule has 3 heterocycles. The molecule has 1 aliphatic heterocycles. The van der Waals surface area contributed by atoms with Gasteiger partial charge in [-0.15, -0.1) is 10.2 Å². The van der Waals surface area contributed by atoms with Crippen LogP contribution in [0, 0.1) is 12.8 Å². The van der Waals surface area contributed by atoms with Crippen molar-refractivity contribution >= 4 is 5.82 Å². The van der Waals surface area contributed by atoms with Crippen molar-refractivity contribution in [1.82, 2.24) is 20.1 Å². The average Bonchev–Trinajstić information content (AvgIpc) is 3.23. The Balaban J connectivity index is 1.59. The monoisotopic (exact) mass is 453 g/mol. The number of oxazole rings is 1. The van der Waals surface area contributed by atoms with Crippen LogP contribution in [0.15, 0.2) is 40.9 Å². The van der Waals surface area contributed by atoms with Gasteiger partial charge in [-0.25, -0.2) is 9.37 Å². The van der Waals surface area contributed by atoms with Gasteiger partial charge in [-0.05, 0) is 70.5 Å². The lowest BCUT2D eigenvalue weighted by Crippen LogP contribution is -2.60. The lowest BCUT2D eigenvalue weighted by molar-refractivity contribution is 0.0375. The quantitative estimate of drug-likeness (QED) is 0.579. The number of aryl methyl sites for hydroxylation is 1. The average molecular weight is 454 g/mol. The van der Waals surface area contributed by atoms with E-state index in [9.17, 15) is 9.50 Å². The van der Waals surface area contributed by atoms with E-state index in [0.717, 1.165) is 13.0 Å². The van der Waals surface area contributed by atoms with Crippen LogP contribution >= 0.6 is 0 Å². The fourth-order valence-electron chi connectivity index (χ4n) is 4.64. The Morgan fingerprint density at radius 1 is 1.24 bits per heavy atom. The number of alkyl halides is 1. The van der Waals surface area contributed by atoms with Crippen molar-refractivity contribution in [1.29, 1.82) is 0 Å². The van der Waals surface area contributed by atoms with E-state index < -0.39 is 6.67 Å². The molecule has 7 nitrogen and oxygen atoms in total. The van der Waals surface area contributed by atoms with Crippen LogP contribution in [0.1, 0.15) is 33.0 Å². The highest BCUT2D eigenvalue weighted by molar-refractivity contribution is 5.71. The van der Waals surface area contributed by atoms with Gasteiger partial charge in [0.05, 0.1) is 11.9 Å². The highest BCUT2D eigenvalue weighted by Gasteiger charge is 2.42. The number of nitrogens with zero attached hydrogens (tertiary/aromatic N) is 5. The van der Waals surface area contributed by atoms with Gasteiger partial charge >= 0.3 is 0 Å². The summed E-state index contributed by atoms with van der Waals surface area (Å²) in [6, 6.07) is 9.06. The first-order valence-corrected chi connectivity index (χ1v) is 11.4. The van der Waals surface area contributed by atoms with Gasteiger partial charge in [0, 0.05) is 35.8 Å². The number of phenolic OH excluding ortho intramolecular Hbond substituents is 1. The van der Waals surface area contributed by atoms with E-state index >= 15 is 0 Å². The third kappa shape index (κ3) is 4.44. The number of hydrogen-bond acceptors (Lipinski definition) is 7. The van der Waals surface area contributed by atoms with Gasteiger partial charge in [0.1, 0.15) is 18.2 Å². The van der Waals surface area contributed by atoms with E-state index in [0.29, 0.717) is 40.2 Å². The standard InChI is InChI=1S/C25H32FN5O2/c1-16-15-27-24(33-16)18-6-7-19(22(32)14-18)20-8-9-23(29-28-20)31(13-11-26)21-10-12-30(5)25(3,4)17(21)2/h6-9,14-15,17,21,32H,10-13H2,1-5H3. The lowest BCUT2D eigenvalue weighted by Gasteiger charge is -2.52. The SMILES string of the molecule is Cc1cnc(-c2ccc(-c3ccc(N(CCF)C4CCN(C)C(C)(C)C4C)nn3)c(O)c2)o1. The third-order valence-corrected chi connectivity index (χ3v) is 7.25. The first-order chi connectivity index (χ1) is 15.7. The van der Waals surface area contributed by atoms with Gasteiger partial charge in [0.2, 0.25) is 5.89 Å². The van der Waals surface area contributed by atoms with Crippen LogP contribution in [0.5, 0.6) is 5.75 Å². The third-order valence-electron chi connectivity index (χ3n) is 7.25. The van der Waals surface area contributed by atoms with Crippen molar-refractivity contribution in [3.05, 3.63) is 42.3 Å². The largest absolute Gasteiger partial charge is 0.507 e. The lowest BCUT2D eigenvalue weighted by atomic mass is 9.76. The van der Waals surface area contributed by atoms with E-state index in [4.69, 9.17) is 4.42 Å². The number of benzene rings is 1. The Morgan fingerprint density at radius 3 is 2.64 bits per heavy atom. The van der Waals surface area contributed by atoms with E-state index in [2.05, 4.69) is 47.9 Å². The maximum atomic E-state index is 13.5. The van der Waals surface area contributed by atoms with Gasteiger partial charge in [0.15, 0.2) is 5.82 Å². The summed E-state index contributed by atoms with van der Waals surface area (Å²) in [7, 11) is 2.14. The molecule has 2 atom stereocenters. The zero-order chi connectivity index (χ0) is 23.8. The Morgan fingerprint density at radius 2 is 2.03 bits per heavy atom. The molecule has 1 saturated heterocycles. The molecule has 8 heteroatoms. The topological polar surface area (TPSA) is 78.5 Å². The van der Waals surface area contributed by atoms with Crippen LogP contribution in [0.3, 0.4) is 0 Å². The number of aromatic hydroxyl groups is 1. The summed E-state index contributed by atoms with van der Waals surface area (Å²) in [5.41, 5.74) is 1.79. The van der Waals surface area contributed by atoms with Gasteiger partial charge < -0.3 is 19.3 Å². The fourth-order valence-corrected chi connectivity index (χ4v) is 4.64. The van der Waals surface area contributed by atoms with Crippen LogP contribution in [0.2, 0.25) is 0 Å². The number of halogens is 1. The summed E-state index contributed by atoms with van der Waals surface area (Å²) in [4.78, 5) is 8.61. The molecule has 0 radical (unpaired) electrons. The molecule has 1 aromatic carbocycles. The van der Waals surface area contributed by atoms with Crippen LogP contribution in [-0.2, 0) is 0 Å². The molecule has 0 amide bonds. The molecule has 0 spiro atoms. The maximum Gasteiger partial charge on any atom is 0.226 e. The second-order valence-corrected chi connectivity index (χ2v) is 9.39. The highest BCUT2D eigenvalue weighted by Crippen LogP contribution is 2.37. The molecule has 0 aliphatic carbocycles. The number of hydrogen-bond donors (Lipinski definition) is 1. The van der Waals surface area contributed by atoms with Crippen molar-refractivity contribution in [2.24, 2.45) is 5.92 Å². The first kappa shape index (κ1) is 23.2. The van der Waals surface area contributed by atoms with Crippen LogP contribution in [0.4, 0.5) is 10.2 Å². The number of anilines is 1. The molecular formula is C25H32FN5O2. The molecule has 3 aromatic rings. The van der Waals surface area contributed by atoms with Crippen molar-refractivity contribution < 1.29 is 13.9 Å². The Hall–Kier alpha value is -3.00. The molecule has 4 rings (SSSR count). The Kier molecular flexibility index (Phi) is 6.38. The van der Waals surface area contributed by atoms with E-state index in [1.54, 1.807) is 18.3 Å². The molecular weight excluding hydrogens is 421 g/mol. The summed E-state index contributed by atoms with van der Waals surface area (Å²) in [6.07, 6.45) is 2.58. The number of aromatic nitrogens is 3. The predicted octanol–water partition coefficient (Wildman–Crippen LogP) is 4.71. The van der Waals surface area contributed by atoms with Crippen LogP contribution in [0.25, 0.3) is 22.7 Å². The van der Waals surface area contributed by atoms with E-state index in [-0.39, 0.29) is 23.9 Å². The summed E-state index contributed by atoms with van der Waals surface area (Å²) < 4.78 is 19.0. The molecule has 1 N–H and O–H groups in total. The van der Waals surface area contributed by atoms with Crippen LogP contribution < -0.4 is 4.90 Å². The second-order valence-electron chi connectivity index (χ2n) is 9.39. The highest BCUT2D eigenvalue weighted by atomic mass is 19.1. The van der Waals surface area contributed by atoms with Gasteiger partial charge in [-0.1, -0.05) is 6.92 Å². The minimum Gasteiger partial charge on any atom is -0.507 e. The van der Waals surface area contributed by atoms with Crippen LogP contribution in [-0.4, -0.2) is 63.6 Å². The Labute approximate surface area is 194 Å². The zero-order valence-corrected chi connectivity index (χ0v) is 19.9. The normalized spacial score (nSPS) is 20.7. The predicted molar refractivity (Wildman–Crippen MR) is 127 cm³/mol. The van der Waals surface area contributed by atoms with Gasteiger partial charge in [-0.2, -0.15) is 0 Å². The van der Waals surface area contributed by atoms with Crippen molar-refractivity contribution in [2.45, 2.75) is 45.7 Å². The smallest absolute Gasteiger partial charge is 0.226 e. The number of rotatable bonds is 6. The van der Waals surface area contributed by atoms with Crippen molar-refractivity contribution in [3.63, 3.8) is 0 Å². The molecule has 2 unspecified atom stereocenters. The summed E-state index contributed by atoms with van der Waals surface area (Å²) in [5.74, 6) is 2.19. The molecule has 0 saturated carbocycles. The summed E-state index contributed by atoms with van der Waals surface area (Å²) >= 11 is 0. The minimum atomic E-state index is -0.453. The van der Waals surface area contributed by atoms with E-state index in [1.807, 2.05) is 30.0 Å². The minimum absolute atomic E-state index is 0.000224. The van der Waals surface area contributed by atoms with Crippen molar-refractivity contribution in [3.8, 4) is 28.5 Å². The zero-order valence-electron chi connectivity index (χ0n) is 19.9. The maximum absolute atomic E-state index is 13.5. The molecule has 176 valence electrons. The molecule has 1 aliphatic rings. The van der Waals surface area contributed by atoms with Gasteiger partial charge in [0.25, 0.3) is 0 Å². The summed E-state index contributed by atoms with van der Waals surface area (Å²) in [6.45, 7) is 9.28. The van der Waals surface area contributed by atoms with E-state index in [1.165, 1.54) is 0 Å². The number of likely N-dealkylation sites (tertiary alicyclic amines) is 1. The molecule has 0 bridgehead atoms. The fraction of sp³-hybridized carbons (Fsp3) is 0.480. The molecule has 33 heavy (non-hydrogen) atoms. The van der Waals surface area contributed by atoms with Gasteiger partial charge in [-0.3, -0.25) is 0 Å². The molecule has 2 aromatic heterocycles. The number of piperidine rings is 1. The van der Waals surface area contributed by atoms with Crippen molar-refractivity contribution in [2.75, 3.05) is 31.7 Å². The second kappa shape index (κ2) is 9.09. The first-order valence-electron chi connectivity index (χ1n) is 11.4. The summed E-state index contributed by atoms with van der Waals surface area (Å²) in [5, 5.41) is 19.4. The molecule has 1 fully saturated rings. The Bertz CT molecular complexity index is 1100. The number of phenols is 1.